The maximum Gasteiger partial charge on any atom is 0.0666 e. The summed E-state index contributed by atoms with van der Waals surface area (Å²) in [6.07, 6.45) is 3.11. The molecular formula is C14H26N4O. The molecule has 1 unspecified atom stereocenters. The van der Waals surface area contributed by atoms with E-state index in [-0.39, 0.29) is 0 Å². The van der Waals surface area contributed by atoms with Gasteiger partial charge in [0.25, 0.3) is 0 Å². The Kier molecular flexibility index (Phi) is 5.36. The van der Waals surface area contributed by atoms with Crippen LogP contribution in [0, 0.1) is 0 Å². The molecule has 1 aromatic heterocycles. The van der Waals surface area contributed by atoms with Gasteiger partial charge in [0.15, 0.2) is 0 Å². The van der Waals surface area contributed by atoms with Gasteiger partial charge in [-0.2, -0.15) is 5.10 Å². The van der Waals surface area contributed by atoms with E-state index in [0.29, 0.717) is 6.04 Å². The van der Waals surface area contributed by atoms with Gasteiger partial charge in [0.2, 0.25) is 0 Å². The van der Waals surface area contributed by atoms with Crippen molar-refractivity contribution in [3.05, 3.63) is 17.5 Å². The minimum Gasteiger partial charge on any atom is -0.379 e. The van der Waals surface area contributed by atoms with Crippen molar-refractivity contribution in [2.24, 2.45) is 7.05 Å². The molecule has 0 aromatic carbocycles. The third-order valence-corrected chi connectivity index (χ3v) is 3.60. The molecule has 1 fully saturated rings. The molecule has 5 nitrogen and oxygen atoms in total. The molecule has 19 heavy (non-hydrogen) atoms. The van der Waals surface area contributed by atoms with Crippen molar-refractivity contribution in [1.82, 2.24) is 20.0 Å². The molecule has 108 valence electrons. The van der Waals surface area contributed by atoms with Crippen molar-refractivity contribution in [2.75, 3.05) is 32.8 Å². The second kappa shape index (κ2) is 7.03. The molecule has 1 aromatic rings. The molecule has 2 rings (SSSR count). The van der Waals surface area contributed by atoms with Crippen LogP contribution >= 0.6 is 0 Å². The Bertz CT molecular complexity index is 385. The zero-order chi connectivity index (χ0) is 13.7. The Morgan fingerprint density at radius 1 is 1.42 bits per heavy atom. The third kappa shape index (κ3) is 4.30. The summed E-state index contributed by atoms with van der Waals surface area (Å²) in [4.78, 5) is 2.46. The lowest BCUT2D eigenvalue weighted by atomic mass is 10.2. The number of aromatic nitrogens is 2. The van der Waals surface area contributed by atoms with Crippen molar-refractivity contribution in [3.8, 4) is 0 Å². The Labute approximate surface area is 115 Å². The minimum atomic E-state index is 0.489. The molecular weight excluding hydrogens is 240 g/mol. The van der Waals surface area contributed by atoms with Gasteiger partial charge in [0, 0.05) is 51.0 Å². The van der Waals surface area contributed by atoms with E-state index < -0.39 is 0 Å². The highest BCUT2D eigenvalue weighted by atomic mass is 16.5. The van der Waals surface area contributed by atoms with E-state index in [1.165, 1.54) is 11.3 Å². The molecule has 1 saturated heterocycles. The van der Waals surface area contributed by atoms with Crippen molar-refractivity contribution in [3.63, 3.8) is 0 Å². The number of hydrogen-bond acceptors (Lipinski definition) is 4. The zero-order valence-electron chi connectivity index (χ0n) is 12.4. The summed E-state index contributed by atoms with van der Waals surface area (Å²) in [6, 6.07) is 0.489. The number of nitrogens with one attached hydrogen (secondary N) is 1. The summed E-state index contributed by atoms with van der Waals surface area (Å²) in [7, 11) is 1.99. The molecule has 0 radical (unpaired) electrons. The fraction of sp³-hybridized carbons (Fsp3) is 0.786. The van der Waals surface area contributed by atoms with Crippen LogP contribution in [0.3, 0.4) is 0 Å². The quantitative estimate of drug-likeness (QED) is 0.827. The van der Waals surface area contributed by atoms with E-state index in [2.05, 4.69) is 35.4 Å². The van der Waals surface area contributed by atoms with Crippen molar-refractivity contribution in [2.45, 2.75) is 32.9 Å². The monoisotopic (exact) mass is 266 g/mol. The van der Waals surface area contributed by atoms with Crippen LogP contribution in [-0.4, -0.2) is 53.6 Å². The van der Waals surface area contributed by atoms with Gasteiger partial charge < -0.3 is 10.1 Å². The molecule has 1 aliphatic heterocycles. The standard InChI is InChI=1S/C14H26N4O/c1-4-14-13(11-17(3)16-14)9-15-12(2)10-18-5-7-19-8-6-18/h11-12,15H,4-10H2,1-3H3. The first-order chi connectivity index (χ1) is 9.19. The van der Waals surface area contributed by atoms with Crippen LogP contribution < -0.4 is 5.32 Å². The molecule has 0 aliphatic carbocycles. The SMILES string of the molecule is CCc1nn(C)cc1CNC(C)CN1CCOCC1. The van der Waals surface area contributed by atoms with E-state index in [0.717, 1.165) is 45.8 Å². The topological polar surface area (TPSA) is 42.3 Å². The summed E-state index contributed by atoms with van der Waals surface area (Å²) in [5, 5.41) is 8.07. The molecule has 1 aliphatic rings. The number of rotatable bonds is 6. The molecule has 0 bridgehead atoms. The minimum absolute atomic E-state index is 0.489. The first kappa shape index (κ1) is 14.5. The van der Waals surface area contributed by atoms with Crippen molar-refractivity contribution < 1.29 is 4.74 Å². The van der Waals surface area contributed by atoms with Gasteiger partial charge >= 0.3 is 0 Å². The molecule has 5 heteroatoms. The van der Waals surface area contributed by atoms with Gasteiger partial charge in [-0.3, -0.25) is 9.58 Å². The fourth-order valence-electron chi connectivity index (χ4n) is 2.55. The van der Waals surface area contributed by atoms with Crippen molar-refractivity contribution in [1.29, 1.82) is 0 Å². The lowest BCUT2D eigenvalue weighted by Crippen LogP contribution is -2.44. The summed E-state index contributed by atoms with van der Waals surface area (Å²) < 4.78 is 7.28. The Morgan fingerprint density at radius 2 is 2.16 bits per heavy atom. The average Bonchev–Trinajstić information content (AvgIpc) is 2.78. The Hall–Kier alpha value is -0.910. The Balaban J connectivity index is 1.77. The van der Waals surface area contributed by atoms with Gasteiger partial charge in [0.1, 0.15) is 0 Å². The first-order valence-electron chi connectivity index (χ1n) is 7.24. The van der Waals surface area contributed by atoms with E-state index >= 15 is 0 Å². The first-order valence-corrected chi connectivity index (χ1v) is 7.24. The summed E-state index contributed by atoms with van der Waals surface area (Å²) >= 11 is 0. The molecule has 0 amide bonds. The number of ether oxygens (including phenoxy) is 1. The van der Waals surface area contributed by atoms with Crippen LogP contribution in [0.2, 0.25) is 0 Å². The van der Waals surface area contributed by atoms with Gasteiger partial charge in [-0.15, -0.1) is 0 Å². The van der Waals surface area contributed by atoms with E-state index in [1.54, 1.807) is 0 Å². The molecule has 1 N–H and O–H groups in total. The average molecular weight is 266 g/mol. The second-order valence-electron chi connectivity index (χ2n) is 5.32. The smallest absolute Gasteiger partial charge is 0.0666 e. The van der Waals surface area contributed by atoms with E-state index in [9.17, 15) is 0 Å². The third-order valence-electron chi connectivity index (χ3n) is 3.60. The normalized spacial score (nSPS) is 18.7. The predicted molar refractivity (Wildman–Crippen MR) is 76.1 cm³/mol. The van der Waals surface area contributed by atoms with E-state index in [1.807, 2.05) is 11.7 Å². The summed E-state index contributed by atoms with van der Waals surface area (Å²) in [5.41, 5.74) is 2.52. The van der Waals surface area contributed by atoms with Gasteiger partial charge in [-0.25, -0.2) is 0 Å². The summed E-state index contributed by atoms with van der Waals surface area (Å²) in [5.74, 6) is 0. The van der Waals surface area contributed by atoms with Gasteiger partial charge in [-0.05, 0) is 13.3 Å². The molecule has 0 spiro atoms. The maximum atomic E-state index is 5.37. The lowest BCUT2D eigenvalue weighted by molar-refractivity contribution is 0.0343. The van der Waals surface area contributed by atoms with Crippen molar-refractivity contribution >= 4 is 0 Å². The lowest BCUT2D eigenvalue weighted by Gasteiger charge is -2.29. The zero-order valence-corrected chi connectivity index (χ0v) is 12.4. The predicted octanol–water partition coefficient (Wildman–Crippen LogP) is 0.793. The maximum absolute atomic E-state index is 5.37. The van der Waals surface area contributed by atoms with Crippen LogP contribution in [-0.2, 0) is 24.8 Å². The summed E-state index contributed by atoms with van der Waals surface area (Å²) in [6.45, 7) is 10.2. The highest BCUT2D eigenvalue weighted by Gasteiger charge is 2.14. The van der Waals surface area contributed by atoms with Crippen LogP contribution in [0.5, 0.6) is 0 Å². The molecule has 0 saturated carbocycles. The molecule has 2 heterocycles. The number of morpholine rings is 1. The Morgan fingerprint density at radius 3 is 2.84 bits per heavy atom. The number of nitrogens with zero attached hydrogens (tertiary/aromatic N) is 3. The van der Waals surface area contributed by atoms with Crippen LogP contribution in [0.1, 0.15) is 25.1 Å². The fourth-order valence-corrected chi connectivity index (χ4v) is 2.55. The second-order valence-corrected chi connectivity index (χ2v) is 5.32. The van der Waals surface area contributed by atoms with E-state index in [4.69, 9.17) is 4.74 Å². The highest BCUT2D eigenvalue weighted by molar-refractivity contribution is 5.16. The number of aryl methyl sites for hydroxylation is 2. The molecule has 1 atom stereocenters. The largest absolute Gasteiger partial charge is 0.379 e. The van der Waals surface area contributed by atoms with Gasteiger partial charge in [0.05, 0.1) is 18.9 Å². The van der Waals surface area contributed by atoms with Crippen LogP contribution in [0.15, 0.2) is 6.20 Å². The number of hydrogen-bond donors (Lipinski definition) is 1. The van der Waals surface area contributed by atoms with Crippen LogP contribution in [0.4, 0.5) is 0 Å². The van der Waals surface area contributed by atoms with Crippen LogP contribution in [0.25, 0.3) is 0 Å². The van der Waals surface area contributed by atoms with Gasteiger partial charge in [-0.1, -0.05) is 6.92 Å². The highest BCUT2D eigenvalue weighted by Crippen LogP contribution is 2.07.